The molecule has 170 valence electrons. The van der Waals surface area contributed by atoms with Gasteiger partial charge in [0.2, 0.25) is 0 Å². The molecule has 0 aliphatic heterocycles. The fraction of sp³-hybridized carbons (Fsp3) is 0.167. The van der Waals surface area contributed by atoms with Crippen LogP contribution in [-0.2, 0) is 26.2 Å². The van der Waals surface area contributed by atoms with Gasteiger partial charge in [0.05, 0.1) is 0 Å². The Bertz CT molecular complexity index is 1080. The van der Waals surface area contributed by atoms with Gasteiger partial charge in [0.25, 0.3) is 0 Å². The van der Waals surface area contributed by atoms with Crippen LogP contribution in [-0.4, -0.2) is 23.7 Å². The average molecular weight is 574 g/mol. The summed E-state index contributed by atoms with van der Waals surface area (Å²) < 4.78 is 83.5. The van der Waals surface area contributed by atoms with Crippen LogP contribution in [0.1, 0.15) is 11.1 Å². The van der Waals surface area contributed by atoms with Crippen molar-refractivity contribution in [2.75, 3.05) is 0 Å². The molecule has 0 saturated heterocycles. The summed E-state index contributed by atoms with van der Waals surface area (Å²) in [4.78, 5) is 0.0524. The van der Waals surface area contributed by atoms with Crippen LogP contribution in [0.2, 0.25) is 0 Å². The van der Waals surface area contributed by atoms with Gasteiger partial charge in [0, 0.05) is 0 Å². The summed E-state index contributed by atoms with van der Waals surface area (Å²) >= 11 is -3.26. The number of aryl methyl sites for hydroxylation is 2. The summed E-state index contributed by atoms with van der Waals surface area (Å²) in [6.45, 7) is 2.57. The minimum absolute atomic E-state index is 0.0524. The predicted molar refractivity (Wildman–Crippen MR) is 116 cm³/mol. The topological polar surface area (TPSA) is 72.4 Å². The summed E-state index contributed by atoms with van der Waals surface area (Å²) in [7, 11) is -8.02. The van der Waals surface area contributed by atoms with Crippen LogP contribution in [0.25, 0.3) is 0 Å². The fourth-order valence-electron chi connectivity index (χ4n) is 2.36. The molecule has 6 nitrogen and oxygen atoms in total. The third-order valence-electron chi connectivity index (χ3n) is 3.74. The van der Waals surface area contributed by atoms with Crippen LogP contribution in [0.4, 0.5) is 17.3 Å². The number of halogens is 5. The van der Waals surface area contributed by atoms with Gasteiger partial charge in [-0.2, -0.15) is 0 Å². The minimum atomic E-state index is -6.00. The quantitative estimate of drug-likeness (QED) is 0.210. The molecular formula is C18H20BF4IN2O4S. The van der Waals surface area contributed by atoms with Crippen LogP contribution in [0.3, 0.4) is 0 Å². The van der Waals surface area contributed by atoms with Crippen molar-refractivity contribution < 1.29 is 36.2 Å². The predicted octanol–water partition coefficient (Wildman–Crippen LogP) is 3.87. The zero-order valence-electron chi connectivity index (χ0n) is 16.5. The summed E-state index contributed by atoms with van der Waals surface area (Å²) in [6.07, 6.45) is 5.89. The van der Waals surface area contributed by atoms with Crippen molar-refractivity contribution in [3.8, 4) is 0 Å². The second kappa shape index (κ2) is 10.6. The van der Waals surface area contributed by atoms with E-state index in [0.717, 1.165) is 11.1 Å². The molecule has 3 rings (SSSR count). The fourth-order valence-corrected chi connectivity index (χ4v) is 6.70. The molecule has 0 radical (unpaired) electrons. The first kappa shape index (κ1) is 25.3. The number of hydrogen-bond acceptors (Lipinski definition) is 4. The zero-order chi connectivity index (χ0) is 23.2. The van der Waals surface area contributed by atoms with E-state index in [9.17, 15) is 29.1 Å². The van der Waals surface area contributed by atoms with Crippen molar-refractivity contribution in [3.05, 3.63) is 81.9 Å². The van der Waals surface area contributed by atoms with Crippen molar-refractivity contribution in [2.24, 2.45) is 7.05 Å². The Morgan fingerprint density at radius 1 is 1.06 bits per heavy atom. The van der Waals surface area contributed by atoms with E-state index in [4.69, 9.17) is 2.51 Å². The Morgan fingerprint density at radius 3 is 2.10 bits per heavy atom. The molecule has 31 heavy (non-hydrogen) atoms. The van der Waals surface area contributed by atoms with Gasteiger partial charge < -0.3 is 17.3 Å². The van der Waals surface area contributed by atoms with Crippen LogP contribution in [0, 0.1) is 10.5 Å². The third kappa shape index (κ3) is 8.97. The van der Waals surface area contributed by atoms with Gasteiger partial charge in [-0.25, -0.2) is 0 Å². The standard InChI is InChI=1S/C18H20IN2O4S.BF4/c1-15-3-9-18(10-4-15)26(23,24)25-19(22)17-7-5-16(6-8-17)13-21-12-11-20(2)14-21;2-1(3,4)5/h3-12,14,22H,13H2,1-2H3;/q+1;-1. The molecule has 0 bridgehead atoms. The van der Waals surface area contributed by atoms with Gasteiger partial charge in [-0.1, -0.05) is 0 Å². The summed E-state index contributed by atoms with van der Waals surface area (Å²) in [6, 6.07) is 13.6. The van der Waals surface area contributed by atoms with E-state index in [2.05, 4.69) is 0 Å². The van der Waals surface area contributed by atoms with Crippen molar-refractivity contribution in [1.82, 2.24) is 4.57 Å². The van der Waals surface area contributed by atoms with E-state index < -0.39 is 38.0 Å². The van der Waals surface area contributed by atoms with Crippen molar-refractivity contribution in [2.45, 2.75) is 18.4 Å². The van der Waals surface area contributed by atoms with Gasteiger partial charge in [-0.3, -0.25) is 0 Å². The number of imidazole rings is 1. The van der Waals surface area contributed by atoms with E-state index in [1.807, 2.05) is 54.0 Å². The summed E-state index contributed by atoms with van der Waals surface area (Å²) in [5, 5.41) is 0. The Hall–Kier alpha value is -1.97. The van der Waals surface area contributed by atoms with E-state index >= 15 is 0 Å². The first-order chi connectivity index (χ1) is 14.3. The van der Waals surface area contributed by atoms with Crippen molar-refractivity contribution >= 4 is 38.0 Å². The van der Waals surface area contributed by atoms with Crippen LogP contribution < -0.4 is 4.57 Å². The number of aromatic nitrogens is 2. The minimum Gasteiger partial charge on any atom is -0.418 e. The van der Waals surface area contributed by atoms with Crippen LogP contribution in [0.15, 0.2) is 72.1 Å². The van der Waals surface area contributed by atoms with Crippen molar-refractivity contribution in [1.29, 1.82) is 0 Å². The molecule has 3 aromatic rings. The number of rotatable bonds is 6. The zero-order valence-corrected chi connectivity index (χ0v) is 19.5. The molecule has 0 fully saturated rings. The summed E-state index contributed by atoms with van der Waals surface area (Å²) in [5.74, 6) is 0. The number of hydrogen-bond donors (Lipinski definition) is 1. The normalized spacial score (nSPS) is 12.2. The Balaban J connectivity index is 0.000000614. The monoisotopic (exact) mass is 574 g/mol. The largest absolute Gasteiger partial charge is 0.673 e. The van der Waals surface area contributed by atoms with Gasteiger partial charge in [0.1, 0.15) is 0 Å². The molecular weight excluding hydrogens is 554 g/mol. The molecule has 0 aliphatic rings. The Kier molecular flexibility index (Phi) is 8.62. The van der Waals surface area contributed by atoms with E-state index in [-0.39, 0.29) is 4.90 Å². The summed E-state index contributed by atoms with van der Waals surface area (Å²) in [5.41, 5.74) is 2.01. The molecule has 0 spiro atoms. The maximum absolute atomic E-state index is 12.3. The SMILES string of the molecule is Cc1ccc(S(=O)(=O)OI(O)c2ccc(Cn3cc[n+](C)c3)cc2)cc1.F[B-](F)(F)F. The third-order valence-corrected chi connectivity index (χ3v) is 9.10. The second-order valence-corrected chi connectivity index (χ2v) is 11.6. The Labute approximate surface area is 185 Å². The number of nitrogens with zero attached hydrogens (tertiary/aromatic N) is 2. The van der Waals surface area contributed by atoms with E-state index in [1.54, 1.807) is 24.3 Å². The van der Waals surface area contributed by atoms with Crippen LogP contribution >= 0.6 is 20.6 Å². The molecule has 0 amide bonds. The molecule has 0 saturated carbocycles. The maximum atomic E-state index is 12.3. The maximum Gasteiger partial charge on any atom is 0.673 e. The second-order valence-electron chi connectivity index (χ2n) is 6.43. The number of benzene rings is 2. The van der Waals surface area contributed by atoms with Gasteiger partial charge in [0.15, 0.2) is 0 Å². The van der Waals surface area contributed by atoms with E-state index in [1.165, 1.54) is 12.1 Å². The Morgan fingerprint density at radius 2 is 1.61 bits per heavy atom. The molecule has 0 atom stereocenters. The molecule has 13 heteroatoms. The van der Waals surface area contributed by atoms with Crippen LogP contribution in [0.5, 0.6) is 0 Å². The molecule has 1 heterocycles. The molecule has 0 aliphatic carbocycles. The molecule has 2 aromatic carbocycles. The smallest absolute Gasteiger partial charge is 0.418 e. The van der Waals surface area contributed by atoms with Gasteiger partial charge in [-0.15, -0.1) is 0 Å². The van der Waals surface area contributed by atoms with Gasteiger partial charge in [-0.05, 0) is 0 Å². The van der Waals surface area contributed by atoms with Crippen molar-refractivity contribution in [3.63, 3.8) is 0 Å². The first-order valence-corrected chi connectivity index (χ1v) is 13.0. The molecule has 1 aromatic heterocycles. The van der Waals surface area contributed by atoms with Gasteiger partial charge >= 0.3 is 169 Å². The molecule has 0 unspecified atom stereocenters. The first-order valence-electron chi connectivity index (χ1n) is 8.72. The molecule has 1 N–H and O–H groups in total. The average Bonchev–Trinajstić information content (AvgIpc) is 3.05. The van der Waals surface area contributed by atoms with E-state index in [0.29, 0.717) is 10.1 Å².